The second-order valence-electron chi connectivity index (χ2n) is 8.43. The van der Waals surface area contributed by atoms with E-state index in [1.54, 1.807) is 12.1 Å². The van der Waals surface area contributed by atoms with Gasteiger partial charge in [-0.1, -0.05) is 38.1 Å². The lowest BCUT2D eigenvalue weighted by molar-refractivity contribution is -0.141. The number of benzene rings is 2. The topological polar surface area (TPSA) is 89.3 Å². The Morgan fingerprint density at radius 2 is 1.66 bits per heavy atom. The number of pyridine rings is 1. The molecule has 0 aliphatic rings. The van der Waals surface area contributed by atoms with Crippen molar-refractivity contribution in [3.05, 3.63) is 94.9 Å². The van der Waals surface area contributed by atoms with Crippen molar-refractivity contribution in [1.29, 1.82) is 0 Å². The quantitative estimate of drug-likeness (QED) is 0.365. The van der Waals surface area contributed by atoms with Crippen LogP contribution in [0, 0.1) is 0 Å². The fourth-order valence-corrected chi connectivity index (χ4v) is 5.34. The highest BCUT2D eigenvalue weighted by molar-refractivity contribution is 7.90. The van der Waals surface area contributed by atoms with Crippen LogP contribution in [-0.4, -0.2) is 28.5 Å². The molecule has 0 atom stereocenters. The molecule has 4 aromatic rings. The molecule has 0 radical (unpaired) electrons. The van der Waals surface area contributed by atoms with Gasteiger partial charge in [-0.25, -0.2) is 22.2 Å². The number of aromatic carboxylic acids is 1. The normalized spacial score (nSPS) is 12.4. The summed E-state index contributed by atoms with van der Waals surface area (Å²) in [5, 5.41) is 9.18. The Balaban J connectivity index is 1.88. The third-order valence-electron chi connectivity index (χ3n) is 5.68. The molecule has 0 saturated heterocycles. The first-order valence-electron chi connectivity index (χ1n) is 10.6. The Hall–Kier alpha value is -3.66. The molecule has 6 nitrogen and oxygen atoms in total. The van der Waals surface area contributed by atoms with Gasteiger partial charge in [-0.05, 0) is 53.4 Å². The van der Waals surface area contributed by atoms with Crippen LogP contribution in [0.2, 0.25) is 0 Å². The van der Waals surface area contributed by atoms with Gasteiger partial charge in [0.1, 0.15) is 5.69 Å². The van der Waals surface area contributed by atoms with Gasteiger partial charge in [-0.15, -0.1) is 0 Å². The van der Waals surface area contributed by atoms with E-state index < -0.39 is 27.9 Å². The first-order chi connectivity index (χ1) is 16.4. The maximum absolute atomic E-state index is 13.7. The van der Waals surface area contributed by atoms with E-state index in [1.807, 2.05) is 13.8 Å². The smallest absolute Gasteiger partial charge is 0.433 e. The van der Waals surface area contributed by atoms with Crippen LogP contribution in [-0.2, 0) is 22.6 Å². The standard InChI is InChI=1S/C25H21F3N2O4S/c1-15(2)17-7-9-21(10-8-17)35(33,34)30-20(11-16-3-5-18(6-4-16)24(31)32)12-19-13-23(25(26,27)28)29-14-22(19)30/h3-10,12-15H,11H2,1-2H3,(H,31,32). The van der Waals surface area contributed by atoms with Gasteiger partial charge in [0.2, 0.25) is 0 Å². The summed E-state index contributed by atoms with van der Waals surface area (Å²) in [5.41, 5.74) is 0.703. The minimum absolute atomic E-state index is 0.0122. The van der Waals surface area contributed by atoms with Crippen molar-refractivity contribution in [3.8, 4) is 0 Å². The lowest BCUT2D eigenvalue weighted by Crippen LogP contribution is -2.16. The lowest BCUT2D eigenvalue weighted by atomic mass is 10.0. The summed E-state index contributed by atoms with van der Waals surface area (Å²) in [6.07, 6.45) is -3.73. The average molecular weight is 503 g/mol. The Bertz CT molecular complexity index is 1510. The van der Waals surface area contributed by atoms with Crippen LogP contribution >= 0.6 is 0 Å². The molecular formula is C25H21F3N2O4S. The molecule has 4 rings (SSSR count). The van der Waals surface area contributed by atoms with Crippen molar-refractivity contribution in [2.24, 2.45) is 0 Å². The third-order valence-corrected chi connectivity index (χ3v) is 7.46. The Morgan fingerprint density at radius 1 is 1.03 bits per heavy atom. The number of carboxylic acid groups (broad SMARTS) is 1. The van der Waals surface area contributed by atoms with Gasteiger partial charge >= 0.3 is 12.1 Å². The number of rotatable bonds is 6. The molecule has 0 amide bonds. The number of halogens is 3. The van der Waals surface area contributed by atoms with Crippen LogP contribution in [0.25, 0.3) is 10.9 Å². The summed E-state index contributed by atoms with van der Waals surface area (Å²) in [6.45, 7) is 3.95. The van der Waals surface area contributed by atoms with E-state index in [0.717, 1.165) is 21.8 Å². The summed E-state index contributed by atoms with van der Waals surface area (Å²) in [6, 6.07) is 14.4. The van der Waals surface area contributed by atoms with Crippen molar-refractivity contribution in [2.75, 3.05) is 0 Å². The second kappa shape index (κ2) is 8.84. The molecule has 0 unspecified atom stereocenters. The fourth-order valence-electron chi connectivity index (χ4n) is 3.81. The van der Waals surface area contributed by atoms with Crippen molar-refractivity contribution in [2.45, 2.75) is 37.3 Å². The summed E-state index contributed by atoms with van der Waals surface area (Å²) in [5.74, 6) is -0.919. The maximum Gasteiger partial charge on any atom is 0.433 e. The van der Waals surface area contributed by atoms with Crippen LogP contribution in [0.1, 0.15) is 52.6 Å². The average Bonchev–Trinajstić information content (AvgIpc) is 3.16. The van der Waals surface area contributed by atoms with Gasteiger partial charge in [0.05, 0.1) is 22.2 Å². The molecule has 0 bridgehead atoms. The van der Waals surface area contributed by atoms with E-state index in [1.165, 1.54) is 42.5 Å². The van der Waals surface area contributed by atoms with Gasteiger partial charge in [0.15, 0.2) is 0 Å². The highest BCUT2D eigenvalue weighted by Gasteiger charge is 2.33. The molecular weight excluding hydrogens is 481 g/mol. The van der Waals surface area contributed by atoms with Gasteiger partial charge in [-0.3, -0.25) is 0 Å². The summed E-state index contributed by atoms with van der Waals surface area (Å²) in [4.78, 5) is 14.6. The van der Waals surface area contributed by atoms with Crippen LogP contribution < -0.4 is 0 Å². The number of hydrogen-bond donors (Lipinski definition) is 1. The molecule has 35 heavy (non-hydrogen) atoms. The van der Waals surface area contributed by atoms with E-state index in [-0.39, 0.29) is 39.4 Å². The molecule has 2 heterocycles. The van der Waals surface area contributed by atoms with Gasteiger partial charge in [0.25, 0.3) is 10.0 Å². The van der Waals surface area contributed by atoms with Crippen LogP contribution in [0.4, 0.5) is 13.2 Å². The Morgan fingerprint density at radius 3 is 2.20 bits per heavy atom. The van der Waals surface area contributed by atoms with Crippen molar-refractivity contribution in [3.63, 3.8) is 0 Å². The molecule has 0 aliphatic carbocycles. The number of aromatic nitrogens is 2. The first kappa shape index (κ1) is 24.5. The molecule has 2 aromatic carbocycles. The summed E-state index contributed by atoms with van der Waals surface area (Å²) in [7, 11) is -4.18. The highest BCUT2D eigenvalue weighted by Crippen LogP contribution is 2.33. The molecule has 182 valence electrons. The molecule has 0 fully saturated rings. The number of nitrogens with zero attached hydrogens (tertiary/aromatic N) is 2. The number of alkyl halides is 3. The van der Waals surface area contributed by atoms with E-state index in [4.69, 9.17) is 5.11 Å². The number of hydrogen-bond acceptors (Lipinski definition) is 4. The molecule has 0 saturated carbocycles. The summed E-state index contributed by atoms with van der Waals surface area (Å²) >= 11 is 0. The molecule has 0 spiro atoms. The van der Waals surface area contributed by atoms with Crippen LogP contribution in [0.15, 0.2) is 71.8 Å². The Kier molecular flexibility index (Phi) is 6.18. The monoisotopic (exact) mass is 502 g/mol. The SMILES string of the molecule is CC(C)c1ccc(S(=O)(=O)n2c(Cc3ccc(C(=O)O)cc3)cc3cc(C(F)(F)F)ncc32)cc1. The molecule has 10 heteroatoms. The molecule has 1 N–H and O–H groups in total. The van der Waals surface area contributed by atoms with E-state index in [2.05, 4.69) is 4.98 Å². The third kappa shape index (κ3) is 4.79. The van der Waals surface area contributed by atoms with E-state index in [9.17, 15) is 26.4 Å². The Labute approximate surface area is 199 Å². The summed E-state index contributed by atoms with van der Waals surface area (Å²) < 4.78 is 68.0. The zero-order valence-electron chi connectivity index (χ0n) is 18.7. The minimum Gasteiger partial charge on any atom is -0.478 e. The van der Waals surface area contributed by atoms with Gasteiger partial charge in [0, 0.05) is 17.5 Å². The second-order valence-corrected chi connectivity index (χ2v) is 10.2. The fraction of sp³-hybridized carbons (Fsp3) is 0.200. The van der Waals surface area contributed by atoms with Crippen molar-refractivity contribution >= 4 is 26.9 Å². The zero-order valence-corrected chi connectivity index (χ0v) is 19.6. The van der Waals surface area contributed by atoms with Gasteiger partial charge < -0.3 is 5.11 Å². The van der Waals surface area contributed by atoms with Crippen molar-refractivity contribution < 1.29 is 31.5 Å². The predicted molar refractivity (Wildman–Crippen MR) is 124 cm³/mol. The first-order valence-corrected chi connectivity index (χ1v) is 12.1. The van der Waals surface area contributed by atoms with Crippen LogP contribution in [0.3, 0.4) is 0 Å². The highest BCUT2D eigenvalue weighted by atomic mass is 32.2. The van der Waals surface area contributed by atoms with E-state index in [0.29, 0.717) is 5.56 Å². The van der Waals surface area contributed by atoms with E-state index >= 15 is 0 Å². The predicted octanol–water partition coefficient (Wildman–Crippen LogP) is 5.70. The zero-order chi connectivity index (χ0) is 25.5. The number of carboxylic acids is 1. The van der Waals surface area contributed by atoms with Crippen LogP contribution in [0.5, 0.6) is 0 Å². The van der Waals surface area contributed by atoms with Crippen molar-refractivity contribution in [1.82, 2.24) is 8.96 Å². The molecule has 0 aliphatic heterocycles. The largest absolute Gasteiger partial charge is 0.478 e. The number of fused-ring (bicyclic) bond motifs is 1. The molecule has 2 aromatic heterocycles. The minimum atomic E-state index is -4.69. The number of carbonyl (C=O) groups is 1. The lowest BCUT2D eigenvalue weighted by Gasteiger charge is -2.14. The maximum atomic E-state index is 13.7. The van der Waals surface area contributed by atoms with Gasteiger partial charge in [-0.2, -0.15) is 13.2 Å².